The van der Waals surface area contributed by atoms with Gasteiger partial charge in [0, 0.05) is 26.0 Å². The molecule has 0 spiro atoms. The first kappa shape index (κ1) is 13.7. The molecule has 104 valence electrons. The first-order valence-electron chi connectivity index (χ1n) is 6.51. The molecule has 1 aliphatic rings. The maximum Gasteiger partial charge on any atom is 0.343 e. The molecule has 2 rings (SSSR count). The van der Waals surface area contributed by atoms with Crippen LogP contribution in [0.15, 0.2) is 12.5 Å². The van der Waals surface area contributed by atoms with E-state index in [1.807, 2.05) is 0 Å². The lowest BCUT2D eigenvalue weighted by Gasteiger charge is -2.09. The number of nitrogens with zero attached hydrogens (tertiary/aromatic N) is 2. The van der Waals surface area contributed by atoms with E-state index in [2.05, 4.69) is 20.0 Å². The Kier molecular flexibility index (Phi) is 5.09. The van der Waals surface area contributed by atoms with E-state index in [0.717, 1.165) is 25.6 Å². The van der Waals surface area contributed by atoms with Crippen molar-refractivity contribution in [3.8, 4) is 0 Å². The van der Waals surface area contributed by atoms with E-state index < -0.39 is 5.97 Å². The smallest absolute Gasteiger partial charge is 0.343 e. The molecule has 1 heterocycles. The van der Waals surface area contributed by atoms with Crippen molar-refractivity contribution in [1.29, 1.82) is 0 Å². The van der Waals surface area contributed by atoms with E-state index in [-0.39, 0.29) is 0 Å². The van der Waals surface area contributed by atoms with E-state index in [1.54, 1.807) is 0 Å². The first-order chi connectivity index (χ1) is 9.31. The molecule has 0 bridgehead atoms. The number of rotatable bonds is 8. The molecular weight excluding hydrogens is 246 g/mol. The van der Waals surface area contributed by atoms with Crippen LogP contribution in [-0.2, 0) is 9.47 Å². The maximum atomic E-state index is 11.5. The summed E-state index contributed by atoms with van der Waals surface area (Å²) in [6.07, 6.45) is 6.34. The zero-order valence-corrected chi connectivity index (χ0v) is 11.1. The summed E-state index contributed by atoms with van der Waals surface area (Å²) in [5.41, 5.74) is 0.351. The zero-order valence-electron chi connectivity index (χ0n) is 11.1. The van der Waals surface area contributed by atoms with Crippen LogP contribution in [0.2, 0.25) is 0 Å². The summed E-state index contributed by atoms with van der Waals surface area (Å²) in [6, 6.07) is 0. The largest absolute Gasteiger partial charge is 0.465 e. The highest BCUT2D eigenvalue weighted by atomic mass is 16.5. The Hall–Kier alpha value is -1.69. The first-order valence-corrected chi connectivity index (χ1v) is 6.51. The highest BCUT2D eigenvalue weighted by molar-refractivity contribution is 5.94. The second-order valence-electron chi connectivity index (χ2n) is 4.58. The summed E-state index contributed by atoms with van der Waals surface area (Å²) in [5.74, 6) is 0.859. The van der Waals surface area contributed by atoms with Gasteiger partial charge in [0.1, 0.15) is 17.7 Å². The number of esters is 1. The fourth-order valence-electron chi connectivity index (χ4n) is 1.65. The predicted octanol–water partition coefficient (Wildman–Crippen LogP) is 1.49. The number of aromatic nitrogens is 2. The Bertz CT molecular complexity index is 421. The molecule has 1 saturated carbocycles. The SMILES string of the molecule is COC(=O)c1cncnc1NCCCOCC1CC1. The fourth-order valence-corrected chi connectivity index (χ4v) is 1.65. The molecule has 1 aromatic rings. The van der Waals surface area contributed by atoms with Crippen LogP contribution in [0.5, 0.6) is 0 Å². The van der Waals surface area contributed by atoms with Gasteiger partial charge < -0.3 is 14.8 Å². The molecule has 0 radical (unpaired) electrons. The Balaban J connectivity index is 1.70. The molecule has 0 atom stereocenters. The Morgan fingerprint density at radius 1 is 1.53 bits per heavy atom. The van der Waals surface area contributed by atoms with Crippen LogP contribution in [0.1, 0.15) is 29.6 Å². The van der Waals surface area contributed by atoms with Gasteiger partial charge in [-0.15, -0.1) is 0 Å². The van der Waals surface area contributed by atoms with Crippen LogP contribution in [-0.4, -0.2) is 42.8 Å². The molecule has 6 heteroatoms. The summed E-state index contributed by atoms with van der Waals surface area (Å²) in [4.78, 5) is 19.3. The van der Waals surface area contributed by atoms with E-state index in [9.17, 15) is 4.79 Å². The lowest BCUT2D eigenvalue weighted by Crippen LogP contribution is -2.13. The highest BCUT2D eigenvalue weighted by Gasteiger charge is 2.20. The number of carbonyl (C=O) groups excluding carboxylic acids is 1. The molecule has 6 nitrogen and oxygen atoms in total. The Labute approximate surface area is 112 Å². The number of ether oxygens (including phenoxy) is 2. The average Bonchev–Trinajstić information content (AvgIpc) is 3.26. The van der Waals surface area contributed by atoms with E-state index >= 15 is 0 Å². The van der Waals surface area contributed by atoms with Gasteiger partial charge in [-0.05, 0) is 25.2 Å². The second-order valence-corrected chi connectivity index (χ2v) is 4.58. The third-order valence-corrected chi connectivity index (χ3v) is 2.93. The average molecular weight is 265 g/mol. The summed E-state index contributed by atoms with van der Waals surface area (Å²) in [5, 5.41) is 3.10. The van der Waals surface area contributed by atoms with Crippen molar-refractivity contribution in [1.82, 2.24) is 9.97 Å². The standard InChI is InChI=1S/C13H19N3O3/c1-18-13(17)11-7-14-9-16-12(11)15-5-2-6-19-8-10-3-4-10/h7,9-10H,2-6,8H2,1H3,(H,14,15,16). The third-order valence-electron chi connectivity index (χ3n) is 2.93. The molecule has 1 N–H and O–H groups in total. The molecular formula is C13H19N3O3. The molecule has 1 fully saturated rings. The van der Waals surface area contributed by atoms with Crippen LogP contribution < -0.4 is 5.32 Å². The molecule has 0 amide bonds. The van der Waals surface area contributed by atoms with Crippen LogP contribution >= 0.6 is 0 Å². The van der Waals surface area contributed by atoms with Crippen LogP contribution in [0, 0.1) is 5.92 Å². The van der Waals surface area contributed by atoms with E-state index in [4.69, 9.17) is 4.74 Å². The summed E-state index contributed by atoms with van der Waals surface area (Å²) >= 11 is 0. The normalized spacial score (nSPS) is 14.2. The van der Waals surface area contributed by atoms with Crippen LogP contribution in [0.4, 0.5) is 5.82 Å². The molecule has 0 unspecified atom stereocenters. The van der Waals surface area contributed by atoms with Gasteiger partial charge in [0.05, 0.1) is 7.11 Å². The Morgan fingerprint density at radius 3 is 3.11 bits per heavy atom. The number of anilines is 1. The molecule has 0 aliphatic heterocycles. The molecule has 1 aromatic heterocycles. The van der Waals surface area contributed by atoms with Gasteiger partial charge >= 0.3 is 5.97 Å². The molecule has 19 heavy (non-hydrogen) atoms. The van der Waals surface area contributed by atoms with Crippen molar-refractivity contribution in [2.24, 2.45) is 5.92 Å². The molecule has 1 aliphatic carbocycles. The minimum absolute atomic E-state index is 0.351. The van der Waals surface area contributed by atoms with Crippen LogP contribution in [0.3, 0.4) is 0 Å². The Morgan fingerprint density at radius 2 is 2.37 bits per heavy atom. The summed E-state index contributed by atoms with van der Waals surface area (Å²) in [6.45, 7) is 2.30. The van der Waals surface area contributed by atoms with Gasteiger partial charge in [0.15, 0.2) is 0 Å². The number of hydrogen-bond acceptors (Lipinski definition) is 6. The van der Waals surface area contributed by atoms with E-state index in [0.29, 0.717) is 17.9 Å². The zero-order chi connectivity index (χ0) is 13.5. The summed E-state index contributed by atoms with van der Waals surface area (Å²) in [7, 11) is 1.34. The third kappa shape index (κ3) is 4.48. The second kappa shape index (κ2) is 7.04. The van der Waals surface area contributed by atoms with E-state index in [1.165, 1.54) is 32.5 Å². The lowest BCUT2D eigenvalue weighted by molar-refractivity contribution is 0.0601. The minimum atomic E-state index is -0.437. The van der Waals surface area contributed by atoms with Gasteiger partial charge in [0.25, 0.3) is 0 Å². The topological polar surface area (TPSA) is 73.3 Å². The maximum absolute atomic E-state index is 11.5. The van der Waals surface area contributed by atoms with Gasteiger partial charge in [-0.3, -0.25) is 0 Å². The van der Waals surface area contributed by atoms with Crippen molar-refractivity contribution in [2.75, 3.05) is 32.2 Å². The van der Waals surface area contributed by atoms with Crippen LogP contribution in [0.25, 0.3) is 0 Å². The minimum Gasteiger partial charge on any atom is -0.465 e. The number of nitrogens with one attached hydrogen (secondary N) is 1. The molecule has 0 aromatic carbocycles. The summed E-state index contributed by atoms with van der Waals surface area (Å²) < 4.78 is 10.2. The van der Waals surface area contributed by atoms with Gasteiger partial charge in [-0.25, -0.2) is 14.8 Å². The molecule has 0 saturated heterocycles. The lowest BCUT2D eigenvalue weighted by atomic mass is 10.3. The van der Waals surface area contributed by atoms with Crippen molar-refractivity contribution in [3.63, 3.8) is 0 Å². The van der Waals surface area contributed by atoms with Gasteiger partial charge in [-0.2, -0.15) is 0 Å². The van der Waals surface area contributed by atoms with Gasteiger partial charge in [-0.1, -0.05) is 0 Å². The highest BCUT2D eigenvalue weighted by Crippen LogP contribution is 2.28. The quantitative estimate of drug-likeness (QED) is 0.567. The fraction of sp³-hybridized carbons (Fsp3) is 0.615. The number of methoxy groups -OCH3 is 1. The number of hydrogen-bond donors (Lipinski definition) is 1. The van der Waals surface area contributed by atoms with Crippen molar-refractivity contribution in [2.45, 2.75) is 19.3 Å². The van der Waals surface area contributed by atoms with Crippen molar-refractivity contribution >= 4 is 11.8 Å². The van der Waals surface area contributed by atoms with Crippen molar-refractivity contribution < 1.29 is 14.3 Å². The monoisotopic (exact) mass is 265 g/mol. The van der Waals surface area contributed by atoms with Crippen molar-refractivity contribution in [3.05, 3.63) is 18.1 Å². The van der Waals surface area contributed by atoms with Gasteiger partial charge in [0.2, 0.25) is 0 Å². The predicted molar refractivity (Wildman–Crippen MR) is 70.0 cm³/mol. The number of carbonyl (C=O) groups is 1.